The molecule has 104 valence electrons. The average molecular weight is 315 g/mol. The highest BCUT2D eigenvalue weighted by molar-refractivity contribution is 7.98. The fourth-order valence-electron chi connectivity index (χ4n) is 1.55. The second kappa shape index (κ2) is 6.24. The quantitative estimate of drug-likeness (QED) is 0.837. The standard InChI is InChI=1S/C14H9ClF2O2S/c15-11-6-10(2-4-13(11)17)20-7-9-5-8(14(18)19)1-3-12(9)16/h1-6H,7H2,(H,18,19). The number of carboxylic acid groups (broad SMARTS) is 1. The van der Waals surface area contributed by atoms with Crippen LogP contribution in [-0.4, -0.2) is 11.1 Å². The Bertz CT molecular complexity index is 662. The minimum absolute atomic E-state index is 0.00485. The summed E-state index contributed by atoms with van der Waals surface area (Å²) in [6, 6.07) is 7.83. The summed E-state index contributed by atoms with van der Waals surface area (Å²) in [5, 5.41) is 8.86. The molecule has 6 heteroatoms. The summed E-state index contributed by atoms with van der Waals surface area (Å²) in [5.74, 6) is -1.87. The number of hydrogen-bond acceptors (Lipinski definition) is 2. The van der Waals surface area contributed by atoms with Gasteiger partial charge >= 0.3 is 5.97 Å². The first-order valence-electron chi connectivity index (χ1n) is 5.57. The summed E-state index contributed by atoms with van der Waals surface area (Å²) >= 11 is 6.90. The minimum Gasteiger partial charge on any atom is -0.478 e. The molecule has 0 fully saturated rings. The van der Waals surface area contributed by atoms with Crippen LogP contribution < -0.4 is 0 Å². The van der Waals surface area contributed by atoms with Gasteiger partial charge in [-0.05, 0) is 42.0 Å². The molecule has 2 rings (SSSR count). The molecule has 0 aromatic heterocycles. The Morgan fingerprint density at radius 1 is 1.15 bits per heavy atom. The number of halogens is 3. The molecule has 0 unspecified atom stereocenters. The van der Waals surface area contributed by atoms with Crippen molar-refractivity contribution in [2.24, 2.45) is 0 Å². The summed E-state index contributed by atoms with van der Waals surface area (Å²) < 4.78 is 26.6. The van der Waals surface area contributed by atoms with Gasteiger partial charge in [0.05, 0.1) is 10.6 Å². The van der Waals surface area contributed by atoms with Crippen LogP contribution in [0.5, 0.6) is 0 Å². The monoisotopic (exact) mass is 314 g/mol. The van der Waals surface area contributed by atoms with Crippen LogP contribution in [0.1, 0.15) is 15.9 Å². The SMILES string of the molecule is O=C(O)c1ccc(F)c(CSc2ccc(F)c(Cl)c2)c1. The number of benzene rings is 2. The second-order valence-corrected chi connectivity index (χ2v) is 5.43. The zero-order valence-corrected chi connectivity index (χ0v) is 11.6. The highest BCUT2D eigenvalue weighted by atomic mass is 35.5. The molecule has 0 aliphatic rings. The fourth-order valence-corrected chi connectivity index (χ4v) is 2.70. The van der Waals surface area contributed by atoms with Crippen molar-refractivity contribution in [3.63, 3.8) is 0 Å². The first-order valence-corrected chi connectivity index (χ1v) is 6.93. The number of carboxylic acids is 1. The smallest absolute Gasteiger partial charge is 0.335 e. The van der Waals surface area contributed by atoms with Crippen molar-refractivity contribution in [1.82, 2.24) is 0 Å². The zero-order chi connectivity index (χ0) is 14.7. The van der Waals surface area contributed by atoms with Crippen LogP contribution in [0.3, 0.4) is 0 Å². The molecule has 0 aliphatic heterocycles. The van der Waals surface area contributed by atoms with Gasteiger partial charge in [-0.2, -0.15) is 0 Å². The highest BCUT2D eigenvalue weighted by Crippen LogP contribution is 2.28. The van der Waals surface area contributed by atoms with Crippen molar-refractivity contribution in [3.8, 4) is 0 Å². The molecule has 0 bridgehead atoms. The lowest BCUT2D eigenvalue weighted by atomic mass is 10.1. The van der Waals surface area contributed by atoms with Crippen LogP contribution in [0.4, 0.5) is 8.78 Å². The number of aromatic carboxylic acids is 1. The Balaban J connectivity index is 2.15. The number of rotatable bonds is 4. The molecule has 0 atom stereocenters. The van der Waals surface area contributed by atoms with E-state index >= 15 is 0 Å². The van der Waals surface area contributed by atoms with E-state index in [-0.39, 0.29) is 21.9 Å². The van der Waals surface area contributed by atoms with Crippen LogP contribution in [0, 0.1) is 11.6 Å². The molecular weight excluding hydrogens is 306 g/mol. The topological polar surface area (TPSA) is 37.3 Å². The highest BCUT2D eigenvalue weighted by Gasteiger charge is 2.09. The van der Waals surface area contributed by atoms with Crippen molar-refractivity contribution in [3.05, 3.63) is 64.2 Å². The van der Waals surface area contributed by atoms with Crippen LogP contribution >= 0.6 is 23.4 Å². The molecule has 0 aliphatic carbocycles. The van der Waals surface area contributed by atoms with E-state index in [4.69, 9.17) is 16.7 Å². The Labute approximate surface area is 123 Å². The average Bonchev–Trinajstić information content (AvgIpc) is 2.41. The summed E-state index contributed by atoms with van der Waals surface area (Å²) in [5.41, 5.74) is 0.300. The number of hydrogen-bond donors (Lipinski definition) is 1. The van der Waals surface area contributed by atoms with Gasteiger partial charge in [0.1, 0.15) is 11.6 Å². The van der Waals surface area contributed by atoms with Crippen LogP contribution in [0.25, 0.3) is 0 Å². The summed E-state index contributed by atoms with van der Waals surface area (Å²) in [6.07, 6.45) is 0. The molecule has 2 aromatic rings. The first kappa shape index (κ1) is 14.8. The van der Waals surface area contributed by atoms with E-state index in [0.29, 0.717) is 4.90 Å². The molecule has 0 heterocycles. The molecule has 0 radical (unpaired) electrons. The number of carbonyl (C=O) groups is 1. The lowest BCUT2D eigenvalue weighted by molar-refractivity contribution is 0.0696. The Morgan fingerprint density at radius 2 is 1.85 bits per heavy atom. The molecule has 0 amide bonds. The second-order valence-electron chi connectivity index (χ2n) is 3.98. The van der Waals surface area contributed by atoms with Crippen molar-refractivity contribution >= 4 is 29.3 Å². The van der Waals surface area contributed by atoms with Gasteiger partial charge in [-0.1, -0.05) is 11.6 Å². The molecule has 2 aromatic carbocycles. The maximum atomic E-state index is 13.6. The molecule has 1 N–H and O–H groups in total. The largest absolute Gasteiger partial charge is 0.478 e. The lowest BCUT2D eigenvalue weighted by Gasteiger charge is -2.05. The summed E-state index contributed by atoms with van der Waals surface area (Å²) in [7, 11) is 0. The predicted octanol–water partition coefficient (Wildman–Crippen LogP) is 4.61. The van der Waals surface area contributed by atoms with Crippen LogP contribution in [-0.2, 0) is 5.75 Å². The van der Waals surface area contributed by atoms with E-state index in [1.54, 1.807) is 0 Å². The predicted molar refractivity (Wildman–Crippen MR) is 74.3 cm³/mol. The molecule has 0 spiro atoms. The third kappa shape index (κ3) is 3.49. The van der Waals surface area contributed by atoms with Crippen molar-refractivity contribution < 1.29 is 18.7 Å². The lowest BCUT2D eigenvalue weighted by Crippen LogP contribution is -1.99. The normalized spacial score (nSPS) is 10.6. The van der Waals surface area contributed by atoms with Gasteiger partial charge in [0.25, 0.3) is 0 Å². The summed E-state index contributed by atoms with van der Waals surface area (Å²) in [4.78, 5) is 11.5. The molecule has 2 nitrogen and oxygen atoms in total. The maximum absolute atomic E-state index is 13.6. The van der Waals surface area contributed by atoms with Crippen molar-refractivity contribution in [1.29, 1.82) is 0 Å². The molecule has 0 saturated heterocycles. The third-order valence-electron chi connectivity index (χ3n) is 2.58. The molecule has 20 heavy (non-hydrogen) atoms. The van der Waals surface area contributed by atoms with E-state index in [1.165, 1.54) is 42.1 Å². The van der Waals surface area contributed by atoms with Gasteiger partial charge in [-0.15, -0.1) is 11.8 Å². The van der Waals surface area contributed by atoms with Crippen molar-refractivity contribution in [2.75, 3.05) is 0 Å². The minimum atomic E-state index is -1.11. The van der Waals surface area contributed by atoms with Gasteiger partial charge in [0.15, 0.2) is 0 Å². The van der Waals surface area contributed by atoms with E-state index in [0.717, 1.165) is 6.07 Å². The first-order chi connectivity index (χ1) is 9.47. The van der Waals surface area contributed by atoms with Gasteiger partial charge < -0.3 is 5.11 Å². The van der Waals surface area contributed by atoms with E-state index < -0.39 is 17.6 Å². The Kier molecular flexibility index (Phi) is 4.62. The Morgan fingerprint density at radius 3 is 2.50 bits per heavy atom. The van der Waals surface area contributed by atoms with E-state index in [2.05, 4.69) is 0 Å². The van der Waals surface area contributed by atoms with Crippen molar-refractivity contribution in [2.45, 2.75) is 10.6 Å². The maximum Gasteiger partial charge on any atom is 0.335 e. The Hall–Kier alpha value is -1.59. The third-order valence-corrected chi connectivity index (χ3v) is 3.91. The van der Waals surface area contributed by atoms with Crippen LogP contribution in [0.2, 0.25) is 5.02 Å². The fraction of sp³-hybridized carbons (Fsp3) is 0.0714. The summed E-state index contributed by atoms with van der Waals surface area (Å²) in [6.45, 7) is 0. The molecular formula is C14H9ClF2O2S. The van der Waals surface area contributed by atoms with Crippen LogP contribution in [0.15, 0.2) is 41.3 Å². The number of thioether (sulfide) groups is 1. The zero-order valence-electron chi connectivity index (χ0n) is 10.1. The van der Waals surface area contributed by atoms with Gasteiger partial charge in [-0.25, -0.2) is 13.6 Å². The van der Waals surface area contributed by atoms with E-state index in [1.807, 2.05) is 0 Å². The molecule has 0 saturated carbocycles. The van der Waals surface area contributed by atoms with Gasteiger partial charge in [0, 0.05) is 10.6 Å². The van der Waals surface area contributed by atoms with Gasteiger partial charge in [-0.3, -0.25) is 0 Å². The van der Waals surface area contributed by atoms with E-state index in [9.17, 15) is 13.6 Å². The van der Waals surface area contributed by atoms with Gasteiger partial charge in [0.2, 0.25) is 0 Å².